The maximum Gasteiger partial charge on any atom is 0.136 e. The molecule has 0 aromatic rings. The minimum absolute atomic E-state index is 0. The van der Waals surface area contributed by atoms with Crippen LogP contribution in [0.3, 0.4) is 0 Å². The second-order valence-corrected chi connectivity index (χ2v) is 7.31. The number of aliphatic hydroxyl groups excluding tert-OH is 1. The Balaban J connectivity index is -0.000000721. The topological polar surface area (TPSA) is 108 Å². The minimum atomic E-state index is -0.0906. The minimum Gasteiger partial charge on any atom is -0.676 e. The van der Waals surface area contributed by atoms with E-state index in [2.05, 4.69) is 36.4 Å². The second kappa shape index (κ2) is 27.8. The van der Waals surface area contributed by atoms with Crippen LogP contribution in [0.1, 0.15) is 40.5 Å². The molecule has 170 valence electrons. The quantitative estimate of drug-likeness (QED) is 0.129. The molecule has 0 aromatic carbocycles. The molecular weight excluding hydrogens is 562 g/mol. The third-order valence-electron chi connectivity index (χ3n) is 2.97. The van der Waals surface area contributed by atoms with Crippen LogP contribution in [0.15, 0.2) is 0 Å². The third-order valence-corrected chi connectivity index (χ3v) is 3.71. The normalized spacial score (nSPS) is 11.0. The summed E-state index contributed by atoms with van der Waals surface area (Å²) in [4.78, 5) is 0. The summed E-state index contributed by atoms with van der Waals surface area (Å²) in [6.45, 7) is 11.9. The maximum atomic E-state index is 8.76. The Morgan fingerprint density at radius 3 is 2.17 bits per heavy atom. The van der Waals surface area contributed by atoms with Crippen molar-refractivity contribution in [2.45, 2.75) is 52.0 Å². The Hall–Kier alpha value is -0.152. The van der Waals surface area contributed by atoms with Gasteiger partial charge < -0.3 is 30.4 Å². The van der Waals surface area contributed by atoms with Crippen LogP contribution in [-0.4, -0.2) is 69.3 Å². The fourth-order valence-electron chi connectivity index (χ4n) is 1.78. The van der Waals surface area contributed by atoms with Crippen LogP contribution in [0.4, 0.5) is 0 Å². The van der Waals surface area contributed by atoms with E-state index in [1.165, 1.54) is 0 Å². The monoisotopic (exact) mass is 600 g/mol. The molecule has 0 aliphatic rings. The zero-order valence-electron chi connectivity index (χ0n) is 18.2. The predicted molar refractivity (Wildman–Crippen MR) is 116 cm³/mol. The Kier molecular flexibility index (Phi) is 32.2. The van der Waals surface area contributed by atoms with Crippen molar-refractivity contribution in [3.63, 3.8) is 0 Å². The van der Waals surface area contributed by atoms with Crippen molar-refractivity contribution in [3.05, 3.63) is 5.73 Å². The molecule has 29 heavy (non-hydrogen) atoms. The van der Waals surface area contributed by atoms with Crippen molar-refractivity contribution in [3.8, 4) is 17.2 Å². The molecular formula is C20H38N3O4SW-. The van der Waals surface area contributed by atoms with Crippen molar-refractivity contribution in [1.82, 2.24) is 5.32 Å². The van der Waals surface area contributed by atoms with Crippen LogP contribution < -0.4 is 5.32 Å². The number of nitrogens with one attached hydrogen (secondary N) is 2. The molecule has 7 nitrogen and oxygen atoms in total. The summed E-state index contributed by atoms with van der Waals surface area (Å²) < 4.78 is 16.1. The van der Waals surface area contributed by atoms with Gasteiger partial charge in [-0.3, -0.25) is 0 Å². The average molecular weight is 600 g/mol. The molecule has 0 spiro atoms. The molecule has 0 aromatic heterocycles. The molecule has 0 saturated carbocycles. The number of ether oxygens (including phenoxy) is 3. The number of nitrogens with zero attached hydrogens (tertiary/aromatic N) is 1. The van der Waals surface area contributed by atoms with Crippen molar-refractivity contribution < 1.29 is 40.4 Å². The van der Waals surface area contributed by atoms with Crippen molar-refractivity contribution in [1.29, 1.82) is 5.26 Å². The van der Waals surface area contributed by atoms with Gasteiger partial charge in [0, 0.05) is 39.6 Å². The van der Waals surface area contributed by atoms with Crippen LogP contribution >= 0.6 is 11.8 Å². The number of hydrogen-bond acceptors (Lipinski definition) is 7. The fraction of sp³-hybridized carbons (Fsp3) is 0.850. The summed E-state index contributed by atoms with van der Waals surface area (Å²) in [5.74, 6) is 5.73. The average Bonchev–Trinajstić information content (AvgIpc) is 2.65. The van der Waals surface area contributed by atoms with Crippen LogP contribution in [0, 0.1) is 28.4 Å². The molecule has 0 radical (unpaired) electrons. The first-order valence-electron chi connectivity index (χ1n) is 9.76. The number of nitriles is 1. The van der Waals surface area contributed by atoms with Crippen LogP contribution in [0.25, 0.3) is 5.73 Å². The molecule has 0 saturated heterocycles. The van der Waals surface area contributed by atoms with Gasteiger partial charge in [-0.1, -0.05) is 39.5 Å². The summed E-state index contributed by atoms with van der Waals surface area (Å²) in [6.07, 6.45) is 1.84. The molecule has 1 atom stereocenters. The SMILES string of the molecule is CC(C)C#CCO.CC(C)NCCCC(OCCOCCOCC[NH-])SC#N.[W]. The number of thioether (sulfide) groups is 1. The summed E-state index contributed by atoms with van der Waals surface area (Å²) in [5, 5.41) is 22.3. The molecule has 0 fully saturated rings. The fourth-order valence-corrected chi connectivity index (χ4v) is 2.34. The van der Waals surface area contributed by atoms with Crippen LogP contribution in [0.2, 0.25) is 0 Å². The first-order valence-corrected chi connectivity index (χ1v) is 10.6. The van der Waals surface area contributed by atoms with Gasteiger partial charge in [0.15, 0.2) is 0 Å². The van der Waals surface area contributed by atoms with Crippen molar-refractivity contribution >= 4 is 11.8 Å². The molecule has 1 unspecified atom stereocenters. The number of thiocyanates is 1. The van der Waals surface area contributed by atoms with Gasteiger partial charge in [0.05, 0.1) is 26.4 Å². The van der Waals surface area contributed by atoms with Gasteiger partial charge in [-0.05, 0) is 31.1 Å². The standard InChI is InChI=1S/C14H28N3O3S.C6H10O.W/c1-13(2)17-6-3-4-14(21-12-16)20-11-10-19-9-8-18-7-5-15;1-6(2)4-3-5-7;/h13-15,17H,3-11H2,1-2H3;6-7H,5H2,1-2H3;/q-1;;. The van der Waals surface area contributed by atoms with Gasteiger partial charge in [0.2, 0.25) is 0 Å². The first-order chi connectivity index (χ1) is 13.5. The molecule has 3 N–H and O–H groups in total. The van der Waals surface area contributed by atoms with Crippen molar-refractivity contribution in [2.75, 3.05) is 52.7 Å². The van der Waals surface area contributed by atoms with Gasteiger partial charge in [0.1, 0.15) is 17.4 Å². The summed E-state index contributed by atoms with van der Waals surface area (Å²) >= 11 is 1.16. The van der Waals surface area contributed by atoms with E-state index >= 15 is 0 Å². The molecule has 0 bridgehead atoms. The third kappa shape index (κ3) is 32.7. The van der Waals surface area contributed by atoms with E-state index in [4.69, 9.17) is 30.3 Å². The summed E-state index contributed by atoms with van der Waals surface area (Å²) in [7, 11) is 0. The van der Waals surface area contributed by atoms with E-state index in [0.717, 1.165) is 31.1 Å². The van der Waals surface area contributed by atoms with Gasteiger partial charge in [-0.15, -0.1) is 6.54 Å². The zero-order chi connectivity index (χ0) is 21.5. The summed E-state index contributed by atoms with van der Waals surface area (Å²) in [5.41, 5.74) is 6.82. The molecule has 9 heteroatoms. The van der Waals surface area contributed by atoms with Gasteiger partial charge in [-0.25, -0.2) is 0 Å². The largest absolute Gasteiger partial charge is 0.676 e. The first kappa shape index (κ1) is 33.5. The molecule has 0 amide bonds. The van der Waals surface area contributed by atoms with E-state index < -0.39 is 0 Å². The second-order valence-electron chi connectivity index (χ2n) is 6.37. The Morgan fingerprint density at radius 2 is 1.69 bits per heavy atom. The van der Waals surface area contributed by atoms with Gasteiger partial charge >= 0.3 is 0 Å². The Labute approximate surface area is 196 Å². The zero-order valence-corrected chi connectivity index (χ0v) is 22.0. The number of rotatable bonds is 15. The molecule has 0 aliphatic heterocycles. The smallest absolute Gasteiger partial charge is 0.136 e. The van der Waals surface area contributed by atoms with Crippen molar-refractivity contribution in [2.24, 2.45) is 5.92 Å². The van der Waals surface area contributed by atoms with E-state index in [9.17, 15) is 0 Å². The maximum absolute atomic E-state index is 8.76. The van der Waals surface area contributed by atoms with E-state index in [1.54, 1.807) is 0 Å². The van der Waals surface area contributed by atoms with Gasteiger partial charge in [-0.2, -0.15) is 5.26 Å². The predicted octanol–water partition coefficient (Wildman–Crippen LogP) is 3.04. The number of aliphatic hydroxyl groups is 1. The van der Waals surface area contributed by atoms with E-state index in [1.807, 2.05) is 13.8 Å². The Morgan fingerprint density at radius 1 is 1.07 bits per heavy atom. The Bertz CT molecular complexity index is 426. The molecule has 0 heterocycles. The molecule has 0 aliphatic carbocycles. The number of hydrogen-bond donors (Lipinski definition) is 2. The van der Waals surface area contributed by atoms with E-state index in [-0.39, 0.29) is 39.7 Å². The summed E-state index contributed by atoms with van der Waals surface area (Å²) in [6, 6.07) is 0.485. The van der Waals surface area contributed by atoms with Crippen LogP contribution in [0.5, 0.6) is 0 Å². The van der Waals surface area contributed by atoms with E-state index in [0.29, 0.717) is 45.0 Å². The molecule has 0 rings (SSSR count). The van der Waals surface area contributed by atoms with Gasteiger partial charge in [0.25, 0.3) is 0 Å². The van der Waals surface area contributed by atoms with Crippen LogP contribution in [-0.2, 0) is 35.3 Å².